The van der Waals surface area contributed by atoms with Crippen molar-refractivity contribution in [3.8, 4) is 0 Å². The minimum Gasteiger partial charge on any atom is -0.481 e. The van der Waals surface area contributed by atoms with Crippen molar-refractivity contribution in [1.82, 2.24) is 4.90 Å². The second-order valence-electron chi connectivity index (χ2n) is 6.23. The van der Waals surface area contributed by atoms with Gasteiger partial charge in [-0.15, -0.1) is 0 Å². The van der Waals surface area contributed by atoms with Crippen molar-refractivity contribution in [3.05, 3.63) is 0 Å². The molecule has 1 aliphatic heterocycles. The number of hydrogen-bond acceptors (Lipinski definition) is 4. The molecule has 1 atom stereocenters. The van der Waals surface area contributed by atoms with Crippen LogP contribution in [0.4, 0.5) is 0 Å². The fraction of sp³-hybridized carbons (Fsp3) is 0.933. The molecule has 0 aromatic rings. The van der Waals surface area contributed by atoms with Crippen LogP contribution in [0, 0.1) is 5.92 Å². The Morgan fingerprint density at radius 3 is 2.65 bits per heavy atom. The Morgan fingerprint density at radius 1 is 1.35 bits per heavy atom. The zero-order chi connectivity index (χ0) is 14.5. The third kappa shape index (κ3) is 4.43. The van der Waals surface area contributed by atoms with Crippen molar-refractivity contribution in [1.29, 1.82) is 0 Å². The van der Waals surface area contributed by atoms with E-state index in [0.717, 1.165) is 45.4 Å². The molecule has 0 spiro atoms. The summed E-state index contributed by atoms with van der Waals surface area (Å²) in [7, 11) is 0. The van der Waals surface area contributed by atoms with Crippen LogP contribution in [-0.4, -0.2) is 60.5 Å². The van der Waals surface area contributed by atoms with Gasteiger partial charge in [-0.25, -0.2) is 0 Å². The molecule has 2 rings (SSSR count). The number of hydrogen-bond donors (Lipinski definition) is 1. The average Bonchev–Trinajstić information content (AvgIpc) is 2.46. The lowest BCUT2D eigenvalue weighted by atomic mass is 9.87. The maximum atomic E-state index is 10.9. The molecule has 0 aromatic heterocycles. The molecule has 116 valence electrons. The molecule has 2 fully saturated rings. The van der Waals surface area contributed by atoms with E-state index in [4.69, 9.17) is 14.6 Å². The third-order valence-electron chi connectivity index (χ3n) is 4.44. The Hall–Kier alpha value is -0.650. The van der Waals surface area contributed by atoms with Gasteiger partial charge in [-0.05, 0) is 39.5 Å². The summed E-state index contributed by atoms with van der Waals surface area (Å²) in [5.41, 5.74) is 0. The Morgan fingerprint density at radius 2 is 2.05 bits per heavy atom. The number of carbonyl (C=O) groups is 1. The first-order valence-electron chi connectivity index (χ1n) is 7.76. The van der Waals surface area contributed by atoms with Crippen molar-refractivity contribution in [2.24, 2.45) is 5.92 Å². The normalized spacial score (nSPS) is 32.5. The van der Waals surface area contributed by atoms with Crippen molar-refractivity contribution in [2.45, 2.75) is 57.8 Å². The molecule has 1 heterocycles. The summed E-state index contributed by atoms with van der Waals surface area (Å²) in [5, 5.41) is 8.97. The molecule has 20 heavy (non-hydrogen) atoms. The van der Waals surface area contributed by atoms with Gasteiger partial charge in [0, 0.05) is 19.1 Å². The lowest BCUT2D eigenvalue weighted by Crippen LogP contribution is -2.47. The lowest BCUT2D eigenvalue weighted by molar-refractivity contribution is -0.144. The molecule has 5 heteroatoms. The van der Waals surface area contributed by atoms with Crippen LogP contribution in [0.1, 0.15) is 39.5 Å². The molecule has 1 saturated heterocycles. The fourth-order valence-electron chi connectivity index (χ4n) is 3.03. The first-order valence-corrected chi connectivity index (χ1v) is 7.76. The Balaban J connectivity index is 1.67. The van der Waals surface area contributed by atoms with Crippen LogP contribution < -0.4 is 0 Å². The van der Waals surface area contributed by atoms with E-state index >= 15 is 0 Å². The molecular formula is C15H27NO4. The quantitative estimate of drug-likeness (QED) is 0.834. The van der Waals surface area contributed by atoms with Crippen LogP contribution in [-0.2, 0) is 14.3 Å². The summed E-state index contributed by atoms with van der Waals surface area (Å²) in [5.74, 6) is -0.830. The number of morpholine rings is 1. The van der Waals surface area contributed by atoms with Gasteiger partial charge < -0.3 is 14.6 Å². The maximum absolute atomic E-state index is 10.9. The number of aliphatic carboxylic acids is 1. The number of ether oxygens (including phenoxy) is 2. The van der Waals surface area contributed by atoms with Gasteiger partial charge in [0.2, 0.25) is 0 Å². The standard InChI is InChI=1S/C15H27NO4/c1-11(2)16-7-8-19-14(9-16)10-20-13-5-3-12(4-6-13)15(17)18/h11-14H,3-10H2,1-2H3,(H,17,18). The van der Waals surface area contributed by atoms with Crippen LogP contribution in [0.2, 0.25) is 0 Å². The van der Waals surface area contributed by atoms with Crippen LogP contribution in [0.15, 0.2) is 0 Å². The second-order valence-corrected chi connectivity index (χ2v) is 6.23. The highest BCUT2D eigenvalue weighted by Crippen LogP contribution is 2.26. The highest BCUT2D eigenvalue weighted by molar-refractivity contribution is 5.70. The first kappa shape index (κ1) is 15.7. The van der Waals surface area contributed by atoms with E-state index in [0.29, 0.717) is 12.6 Å². The van der Waals surface area contributed by atoms with E-state index in [2.05, 4.69) is 18.7 Å². The lowest BCUT2D eigenvalue weighted by Gasteiger charge is -2.36. The highest BCUT2D eigenvalue weighted by Gasteiger charge is 2.28. The maximum Gasteiger partial charge on any atom is 0.306 e. The molecule has 1 saturated carbocycles. The van der Waals surface area contributed by atoms with E-state index in [1.54, 1.807) is 0 Å². The van der Waals surface area contributed by atoms with E-state index in [-0.39, 0.29) is 18.1 Å². The number of carboxylic acids is 1. The van der Waals surface area contributed by atoms with Crippen molar-refractivity contribution < 1.29 is 19.4 Å². The smallest absolute Gasteiger partial charge is 0.306 e. The summed E-state index contributed by atoms with van der Waals surface area (Å²) >= 11 is 0. The van der Waals surface area contributed by atoms with Crippen LogP contribution >= 0.6 is 0 Å². The SMILES string of the molecule is CC(C)N1CCOC(COC2CCC(C(=O)O)CC2)C1. The highest BCUT2D eigenvalue weighted by atomic mass is 16.5. The van der Waals surface area contributed by atoms with Crippen LogP contribution in [0.3, 0.4) is 0 Å². The van der Waals surface area contributed by atoms with Crippen molar-refractivity contribution in [2.75, 3.05) is 26.3 Å². The molecule has 1 N–H and O–H groups in total. The zero-order valence-electron chi connectivity index (χ0n) is 12.6. The minimum atomic E-state index is -0.661. The van der Waals surface area contributed by atoms with Gasteiger partial charge in [0.1, 0.15) is 0 Å². The van der Waals surface area contributed by atoms with E-state index in [9.17, 15) is 4.79 Å². The van der Waals surface area contributed by atoms with Crippen LogP contribution in [0.5, 0.6) is 0 Å². The summed E-state index contributed by atoms with van der Waals surface area (Å²) in [6.45, 7) is 7.75. The molecule has 0 radical (unpaired) electrons. The van der Waals surface area contributed by atoms with E-state index < -0.39 is 5.97 Å². The molecule has 0 amide bonds. The average molecular weight is 285 g/mol. The molecule has 5 nitrogen and oxygen atoms in total. The molecule has 1 aliphatic carbocycles. The molecule has 1 unspecified atom stereocenters. The monoisotopic (exact) mass is 285 g/mol. The second kappa shape index (κ2) is 7.38. The van der Waals surface area contributed by atoms with Gasteiger partial charge in [-0.1, -0.05) is 0 Å². The van der Waals surface area contributed by atoms with Gasteiger partial charge in [-0.2, -0.15) is 0 Å². The van der Waals surface area contributed by atoms with Gasteiger partial charge in [0.25, 0.3) is 0 Å². The molecule has 2 aliphatic rings. The molecule has 0 bridgehead atoms. The number of rotatable bonds is 5. The van der Waals surface area contributed by atoms with Gasteiger partial charge >= 0.3 is 5.97 Å². The summed E-state index contributed by atoms with van der Waals surface area (Å²) in [6, 6.07) is 0.549. The van der Waals surface area contributed by atoms with Crippen molar-refractivity contribution in [3.63, 3.8) is 0 Å². The van der Waals surface area contributed by atoms with E-state index in [1.165, 1.54) is 0 Å². The van der Waals surface area contributed by atoms with E-state index in [1.807, 2.05) is 0 Å². The zero-order valence-corrected chi connectivity index (χ0v) is 12.6. The third-order valence-corrected chi connectivity index (χ3v) is 4.44. The summed E-state index contributed by atoms with van der Waals surface area (Å²) in [6.07, 6.45) is 3.56. The van der Waals surface area contributed by atoms with Crippen LogP contribution in [0.25, 0.3) is 0 Å². The van der Waals surface area contributed by atoms with Gasteiger partial charge in [-0.3, -0.25) is 9.69 Å². The predicted molar refractivity (Wildman–Crippen MR) is 75.8 cm³/mol. The Labute approximate surface area is 121 Å². The Kier molecular flexibility index (Phi) is 5.81. The minimum absolute atomic E-state index is 0.156. The van der Waals surface area contributed by atoms with Gasteiger partial charge in [0.15, 0.2) is 0 Å². The number of carboxylic acid groups (broad SMARTS) is 1. The largest absolute Gasteiger partial charge is 0.481 e. The summed E-state index contributed by atoms with van der Waals surface area (Å²) in [4.78, 5) is 13.3. The van der Waals surface area contributed by atoms with Crippen molar-refractivity contribution >= 4 is 5.97 Å². The molecule has 0 aromatic carbocycles. The fourth-order valence-corrected chi connectivity index (χ4v) is 3.03. The van der Waals surface area contributed by atoms with Gasteiger partial charge in [0.05, 0.1) is 31.3 Å². The summed E-state index contributed by atoms with van der Waals surface area (Å²) < 4.78 is 11.7. The first-order chi connectivity index (χ1) is 9.56. The predicted octanol–water partition coefficient (Wildman–Crippen LogP) is 1.76. The molecular weight excluding hydrogens is 258 g/mol. The Bertz CT molecular complexity index is 313. The topological polar surface area (TPSA) is 59.0 Å². The number of nitrogens with zero attached hydrogens (tertiary/aromatic N) is 1.